The van der Waals surface area contributed by atoms with Crippen molar-refractivity contribution in [2.75, 3.05) is 0 Å². The molecule has 0 unspecified atom stereocenters. The van der Waals surface area contributed by atoms with E-state index in [1.165, 1.54) is 19.2 Å². The van der Waals surface area contributed by atoms with Crippen LogP contribution in [0.2, 0.25) is 0 Å². The Morgan fingerprint density at radius 3 is 2.33 bits per heavy atom. The van der Waals surface area contributed by atoms with Crippen molar-refractivity contribution in [1.82, 2.24) is 21.2 Å². The molecule has 3 amide bonds. The van der Waals surface area contributed by atoms with Gasteiger partial charge in [0.05, 0.1) is 12.5 Å². The molecule has 0 saturated carbocycles. The van der Waals surface area contributed by atoms with Crippen LogP contribution < -0.4 is 16.2 Å². The molecule has 7 nitrogen and oxygen atoms in total. The summed E-state index contributed by atoms with van der Waals surface area (Å²) in [5, 5.41) is 2.72. The molecular formula is C17H18N4O3. The number of hydrazine groups is 1. The SMILES string of the molecule is CC(=O)N[C@H](CC(=O)NNC(=O)c1ccccn1)c1ccccc1. The fourth-order valence-electron chi connectivity index (χ4n) is 2.11. The van der Waals surface area contributed by atoms with E-state index in [1.54, 1.807) is 12.1 Å². The summed E-state index contributed by atoms with van der Waals surface area (Å²) < 4.78 is 0. The van der Waals surface area contributed by atoms with Crippen molar-refractivity contribution in [3.05, 3.63) is 66.0 Å². The molecule has 0 fully saturated rings. The van der Waals surface area contributed by atoms with Gasteiger partial charge < -0.3 is 5.32 Å². The van der Waals surface area contributed by atoms with Gasteiger partial charge >= 0.3 is 0 Å². The molecule has 1 atom stereocenters. The molecular weight excluding hydrogens is 308 g/mol. The highest BCUT2D eigenvalue weighted by molar-refractivity contribution is 5.93. The lowest BCUT2D eigenvalue weighted by molar-refractivity contribution is -0.123. The van der Waals surface area contributed by atoms with Gasteiger partial charge in [-0.15, -0.1) is 0 Å². The van der Waals surface area contributed by atoms with Crippen LogP contribution in [0.25, 0.3) is 0 Å². The molecule has 0 bridgehead atoms. The minimum absolute atomic E-state index is 0.00785. The Balaban J connectivity index is 1.93. The highest BCUT2D eigenvalue weighted by atomic mass is 16.2. The molecule has 0 radical (unpaired) electrons. The Hall–Kier alpha value is -3.22. The Labute approximate surface area is 139 Å². The molecule has 0 aliphatic heterocycles. The maximum atomic E-state index is 12.0. The molecule has 1 aromatic heterocycles. The van der Waals surface area contributed by atoms with Crippen molar-refractivity contribution in [2.45, 2.75) is 19.4 Å². The van der Waals surface area contributed by atoms with Crippen LogP contribution in [0.4, 0.5) is 0 Å². The lowest BCUT2D eigenvalue weighted by Crippen LogP contribution is -2.43. The van der Waals surface area contributed by atoms with Crippen LogP contribution >= 0.6 is 0 Å². The van der Waals surface area contributed by atoms with Crippen molar-refractivity contribution in [1.29, 1.82) is 0 Å². The molecule has 0 saturated heterocycles. The standard InChI is InChI=1S/C17H18N4O3/c1-12(22)19-15(13-7-3-2-4-8-13)11-16(23)20-21-17(24)14-9-5-6-10-18-14/h2-10,15H,11H2,1H3,(H,19,22)(H,20,23)(H,21,24)/t15-/m1/s1. The van der Waals surface area contributed by atoms with Gasteiger partial charge in [0.25, 0.3) is 5.91 Å². The van der Waals surface area contributed by atoms with Gasteiger partial charge in [-0.3, -0.25) is 30.2 Å². The number of nitrogens with zero attached hydrogens (tertiary/aromatic N) is 1. The summed E-state index contributed by atoms with van der Waals surface area (Å²) >= 11 is 0. The van der Waals surface area contributed by atoms with E-state index in [9.17, 15) is 14.4 Å². The quantitative estimate of drug-likeness (QED) is 0.717. The minimum atomic E-state index is -0.514. The van der Waals surface area contributed by atoms with Crippen LogP contribution in [-0.2, 0) is 9.59 Å². The maximum absolute atomic E-state index is 12.0. The number of benzene rings is 1. The summed E-state index contributed by atoms with van der Waals surface area (Å²) in [6.07, 6.45) is 1.48. The normalized spacial score (nSPS) is 11.2. The molecule has 3 N–H and O–H groups in total. The zero-order chi connectivity index (χ0) is 17.4. The predicted molar refractivity (Wildman–Crippen MR) is 87.5 cm³/mol. The van der Waals surface area contributed by atoms with Crippen molar-refractivity contribution < 1.29 is 14.4 Å². The summed E-state index contributed by atoms with van der Waals surface area (Å²) in [6, 6.07) is 13.6. The average molecular weight is 326 g/mol. The molecule has 2 aromatic rings. The second kappa shape index (κ2) is 8.42. The van der Waals surface area contributed by atoms with E-state index < -0.39 is 17.9 Å². The number of carbonyl (C=O) groups is 3. The summed E-state index contributed by atoms with van der Waals surface area (Å²) in [4.78, 5) is 39.1. The zero-order valence-corrected chi connectivity index (χ0v) is 13.2. The van der Waals surface area contributed by atoms with Gasteiger partial charge in [-0.05, 0) is 17.7 Å². The van der Waals surface area contributed by atoms with E-state index in [4.69, 9.17) is 0 Å². The van der Waals surface area contributed by atoms with Crippen LogP contribution in [0.5, 0.6) is 0 Å². The molecule has 24 heavy (non-hydrogen) atoms. The Kier molecular flexibility index (Phi) is 6.01. The number of rotatable bonds is 5. The Bertz CT molecular complexity index is 704. The molecule has 0 spiro atoms. The molecule has 2 rings (SSSR count). The van der Waals surface area contributed by atoms with Crippen molar-refractivity contribution in [2.24, 2.45) is 0 Å². The molecule has 1 aromatic carbocycles. The number of hydrogen-bond acceptors (Lipinski definition) is 4. The lowest BCUT2D eigenvalue weighted by atomic mass is 10.0. The number of amides is 3. The van der Waals surface area contributed by atoms with Crippen LogP contribution in [0.1, 0.15) is 35.4 Å². The molecule has 124 valence electrons. The van der Waals surface area contributed by atoms with E-state index in [2.05, 4.69) is 21.2 Å². The van der Waals surface area contributed by atoms with Crippen molar-refractivity contribution >= 4 is 17.7 Å². The second-order valence-corrected chi connectivity index (χ2v) is 5.09. The fourth-order valence-corrected chi connectivity index (χ4v) is 2.11. The third kappa shape index (κ3) is 5.20. The van der Waals surface area contributed by atoms with Crippen molar-refractivity contribution in [3.63, 3.8) is 0 Å². The average Bonchev–Trinajstić information content (AvgIpc) is 2.60. The van der Waals surface area contributed by atoms with E-state index in [1.807, 2.05) is 30.3 Å². The van der Waals surface area contributed by atoms with Gasteiger partial charge in [0.15, 0.2) is 0 Å². The van der Waals surface area contributed by atoms with Gasteiger partial charge in [-0.1, -0.05) is 36.4 Å². The maximum Gasteiger partial charge on any atom is 0.288 e. The molecule has 7 heteroatoms. The largest absolute Gasteiger partial charge is 0.349 e. The van der Waals surface area contributed by atoms with Crippen LogP contribution in [0, 0.1) is 0 Å². The Morgan fingerprint density at radius 1 is 1.00 bits per heavy atom. The topological polar surface area (TPSA) is 100 Å². The van der Waals surface area contributed by atoms with E-state index in [0.717, 1.165) is 5.56 Å². The zero-order valence-electron chi connectivity index (χ0n) is 13.2. The molecule has 0 aliphatic rings. The monoisotopic (exact) mass is 326 g/mol. The summed E-state index contributed by atoms with van der Waals surface area (Å²) in [6.45, 7) is 1.39. The van der Waals surface area contributed by atoms with E-state index in [0.29, 0.717) is 0 Å². The van der Waals surface area contributed by atoms with Gasteiger partial charge in [0.2, 0.25) is 11.8 Å². The predicted octanol–water partition coefficient (Wildman–Crippen LogP) is 1.11. The summed E-state index contributed by atoms with van der Waals surface area (Å²) in [5.74, 6) is -1.18. The number of aromatic nitrogens is 1. The number of pyridine rings is 1. The van der Waals surface area contributed by atoms with Crippen LogP contribution in [-0.4, -0.2) is 22.7 Å². The van der Waals surface area contributed by atoms with Gasteiger partial charge in [-0.25, -0.2) is 0 Å². The third-order valence-corrected chi connectivity index (χ3v) is 3.18. The van der Waals surface area contributed by atoms with E-state index in [-0.39, 0.29) is 18.0 Å². The fraction of sp³-hybridized carbons (Fsp3) is 0.176. The van der Waals surface area contributed by atoms with Crippen LogP contribution in [0.15, 0.2) is 54.7 Å². The van der Waals surface area contributed by atoms with Gasteiger partial charge in [-0.2, -0.15) is 0 Å². The molecule has 1 heterocycles. The third-order valence-electron chi connectivity index (χ3n) is 3.18. The first kappa shape index (κ1) is 17.1. The molecule has 0 aliphatic carbocycles. The van der Waals surface area contributed by atoms with Crippen molar-refractivity contribution in [3.8, 4) is 0 Å². The minimum Gasteiger partial charge on any atom is -0.349 e. The first-order valence-electron chi connectivity index (χ1n) is 7.38. The lowest BCUT2D eigenvalue weighted by Gasteiger charge is -2.18. The number of carbonyl (C=O) groups excluding carboxylic acids is 3. The number of nitrogens with one attached hydrogen (secondary N) is 3. The summed E-state index contributed by atoms with van der Waals surface area (Å²) in [7, 11) is 0. The smallest absolute Gasteiger partial charge is 0.288 e. The first-order chi connectivity index (χ1) is 11.6. The second-order valence-electron chi connectivity index (χ2n) is 5.09. The van der Waals surface area contributed by atoms with Crippen LogP contribution in [0.3, 0.4) is 0 Å². The summed E-state index contributed by atoms with van der Waals surface area (Å²) in [5.41, 5.74) is 5.62. The first-order valence-corrected chi connectivity index (χ1v) is 7.38. The van der Waals surface area contributed by atoms with Gasteiger partial charge in [0, 0.05) is 13.1 Å². The number of hydrogen-bond donors (Lipinski definition) is 3. The highest BCUT2D eigenvalue weighted by Crippen LogP contribution is 2.16. The highest BCUT2D eigenvalue weighted by Gasteiger charge is 2.17. The van der Waals surface area contributed by atoms with Gasteiger partial charge in [0.1, 0.15) is 5.69 Å². The Morgan fingerprint density at radius 2 is 1.71 bits per heavy atom. The van der Waals surface area contributed by atoms with E-state index >= 15 is 0 Å².